The van der Waals surface area contributed by atoms with Crippen LogP contribution in [0.15, 0.2) is 30.3 Å². The first-order valence-corrected chi connectivity index (χ1v) is 9.57. The van der Waals surface area contributed by atoms with Gasteiger partial charge in [0.05, 0.1) is 11.8 Å². The van der Waals surface area contributed by atoms with Crippen molar-refractivity contribution < 1.29 is 22.8 Å². The maximum atomic E-state index is 13.3. The van der Waals surface area contributed by atoms with Crippen molar-refractivity contribution in [2.45, 2.75) is 44.7 Å². The van der Waals surface area contributed by atoms with Crippen molar-refractivity contribution in [2.24, 2.45) is 17.8 Å². The Bertz CT molecular complexity index is 663. The molecule has 3 rings (SSSR count). The quantitative estimate of drug-likeness (QED) is 0.850. The molecule has 1 unspecified atom stereocenters. The molecule has 3 atom stereocenters. The summed E-state index contributed by atoms with van der Waals surface area (Å²) in [6.45, 7) is 0.619. The van der Waals surface area contributed by atoms with Crippen molar-refractivity contribution in [3.63, 3.8) is 0 Å². The second kappa shape index (κ2) is 8.31. The molecule has 7 heteroatoms. The van der Waals surface area contributed by atoms with Gasteiger partial charge in [-0.15, -0.1) is 0 Å². The van der Waals surface area contributed by atoms with Crippen molar-refractivity contribution in [2.75, 3.05) is 18.4 Å². The van der Waals surface area contributed by atoms with Crippen LogP contribution in [0.1, 0.15) is 38.5 Å². The van der Waals surface area contributed by atoms with E-state index in [9.17, 15) is 22.8 Å². The van der Waals surface area contributed by atoms with Gasteiger partial charge in [0.25, 0.3) is 0 Å². The fourth-order valence-electron chi connectivity index (χ4n) is 4.21. The van der Waals surface area contributed by atoms with Gasteiger partial charge in [-0.3, -0.25) is 9.59 Å². The van der Waals surface area contributed by atoms with E-state index < -0.39 is 29.8 Å². The lowest BCUT2D eigenvalue weighted by Crippen LogP contribution is -2.49. The number of amides is 2. The van der Waals surface area contributed by atoms with Gasteiger partial charge in [0.1, 0.15) is 0 Å². The normalized spacial score (nSPS) is 26.5. The highest BCUT2D eigenvalue weighted by atomic mass is 19.4. The third-order valence-electron chi connectivity index (χ3n) is 5.65. The molecule has 1 saturated heterocycles. The fraction of sp³-hybridized carbons (Fsp3) is 0.600. The van der Waals surface area contributed by atoms with Gasteiger partial charge < -0.3 is 10.2 Å². The molecule has 0 bridgehead atoms. The van der Waals surface area contributed by atoms with Gasteiger partial charge >= 0.3 is 6.18 Å². The summed E-state index contributed by atoms with van der Waals surface area (Å²) in [5.41, 5.74) is 0.676. The number of anilines is 1. The largest absolute Gasteiger partial charge is 0.392 e. The third kappa shape index (κ3) is 4.82. The van der Waals surface area contributed by atoms with Gasteiger partial charge in [-0.2, -0.15) is 13.2 Å². The molecule has 1 aliphatic heterocycles. The predicted octanol–water partition coefficient (Wildman–Crippen LogP) is 4.23. The minimum atomic E-state index is -4.35. The van der Waals surface area contributed by atoms with Crippen LogP contribution in [0.2, 0.25) is 0 Å². The SMILES string of the molecule is O=C(Nc1ccccc1)C1CCCN(C(=O)[C@@H]2CCCC[C@H]2C(F)(F)F)C1. The first-order valence-electron chi connectivity index (χ1n) is 9.57. The van der Waals surface area contributed by atoms with Gasteiger partial charge in [0.2, 0.25) is 11.8 Å². The molecular formula is C20H25F3N2O2. The van der Waals surface area contributed by atoms with Crippen LogP contribution in [0.5, 0.6) is 0 Å². The molecule has 0 spiro atoms. The summed E-state index contributed by atoms with van der Waals surface area (Å²) in [5, 5.41) is 2.83. The van der Waals surface area contributed by atoms with Crippen molar-refractivity contribution >= 4 is 17.5 Å². The topological polar surface area (TPSA) is 49.4 Å². The lowest BCUT2D eigenvalue weighted by Gasteiger charge is -2.38. The summed E-state index contributed by atoms with van der Waals surface area (Å²) in [5.74, 6) is -3.58. The Morgan fingerprint density at radius 2 is 1.70 bits per heavy atom. The number of nitrogens with zero attached hydrogens (tertiary/aromatic N) is 1. The number of hydrogen-bond donors (Lipinski definition) is 1. The van der Waals surface area contributed by atoms with Crippen molar-refractivity contribution in [3.8, 4) is 0 Å². The van der Waals surface area contributed by atoms with Crippen molar-refractivity contribution in [1.82, 2.24) is 4.90 Å². The molecule has 2 amide bonds. The number of nitrogens with one attached hydrogen (secondary N) is 1. The molecule has 1 heterocycles. The van der Waals surface area contributed by atoms with Crippen LogP contribution in [0.3, 0.4) is 0 Å². The average molecular weight is 382 g/mol. The number of likely N-dealkylation sites (tertiary alicyclic amines) is 1. The smallest absolute Gasteiger partial charge is 0.342 e. The summed E-state index contributed by atoms with van der Waals surface area (Å²) < 4.78 is 40.0. The molecule has 148 valence electrons. The van der Waals surface area contributed by atoms with E-state index in [2.05, 4.69) is 5.32 Å². The minimum absolute atomic E-state index is 0.0195. The molecule has 1 aliphatic carbocycles. The highest BCUT2D eigenvalue weighted by Crippen LogP contribution is 2.42. The van der Waals surface area contributed by atoms with Crippen LogP contribution in [0.4, 0.5) is 18.9 Å². The third-order valence-corrected chi connectivity index (χ3v) is 5.65. The van der Waals surface area contributed by atoms with Crippen LogP contribution in [-0.2, 0) is 9.59 Å². The van der Waals surface area contributed by atoms with Crippen LogP contribution in [-0.4, -0.2) is 36.0 Å². The number of hydrogen-bond acceptors (Lipinski definition) is 2. The van der Waals surface area contributed by atoms with Crippen LogP contribution < -0.4 is 5.32 Å². The standard InChI is InChI=1S/C20H25F3N2O2/c21-20(22,23)17-11-5-4-10-16(17)19(27)25-12-6-7-14(13-25)18(26)24-15-8-2-1-3-9-15/h1-3,8-9,14,16-17H,4-7,10-13H2,(H,24,26)/t14?,16-,17-/m1/s1. The van der Waals surface area contributed by atoms with Gasteiger partial charge in [-0.1, -0.05) is 31.0 Å². The summed E-state index contributed by atoms with van der Waals surface area (Å²) in [6, 6.07) is 9.02. The van der Waals surface area contributed by atoms with E-state index in [1.165, 1.54) is 4.90 Å². The Labute approximate surface area is 157 Å². The molecule has 0 radical (unpaired) electrons. The average Bonchev–Trinajstić information content (AvgIpc) is 2.67. The maximum absolute atomic E-state index is 13.3. The number of halogens is 3. The van der Waals surface area contributed by atoms with Crippen LogP contribution in [0, 0.1) is 17.8 Å². The number of piperidine rings is 1. The minimum Gasteiger partial charge on any atom is -0.342 e. The second-order valence-corrected chi connectivity index (χ2v) is 7.52. The molecular weight excluding hydrogens is 357 g/mol. The maximum Gasteiger partial charge on any atom is 0.392 e. The first kappa shape index (κ1) is 19.7. The van der Waals surface area contributed by atoms with Gasteiger partial charge in [0.15, 0.2) is 0 Å². The Morgan fingerprint density at radius 3 is 2.41 bits per heavy atom. The summed E-state index contributed by atoms with van der Waals surface area (Å²) in [6.07, 6.45) is -1.63. The molecule has 1 aromatic carbocycles. The summed E-state index contributed by atoms with van der Waals surface area (Å²) in [4.78, 5) is 26.8. The van der Waals surface area contributed by atoms with Gasteiger partial charge in [0, 0.05) is 24.7 Å². The predicted molar refractivity (Wildman–Crippen MR) is 95.9 cm³/mol. The van der Waals surface area contributed by atoms with Gasteiger partial charge in [-0.05, 0) is 37.8 Å². The number of carbonyl (C=O) groups is 2. The van der Waals surface area contributed by atoms with Crippen molar-refractivity contribution in [3.05, 3.63) is 30.3 Å². The second-order valence-electron chi connectivity index (χ2n) is 7.52. The number of rotatable bonds is 3. The molecule has 1 N–H and O–H groups in total. The lowest BCUT2D eigenvalue weighted by molar-refractivity contribution is -0.201. The zero-order chi connectivity index (χ0) is 19.4. The van der Waals surface area contributed by atoms with E-state index in [1.807, 2.05) is 18.2 Å². The number of alkyl halides is 3. The summed E-state index contributed by atoms with van der Waals surface area (Å²) >= 11 is 0. The summed E-state index contributed by atoms with van der Waals surface area (Å²) in [7, 11) is 0. The molecule has 2 aliphatic rings. The Hall–Kier alpha value is -2.05. The van der Waals surface area contributed by atoms with Crippen LogP contribution in [0.25, 0.3) is 0 Å². The number of para-hydroxylation sites is 1. The highest BCUT2D eigenvalue weighted by molar-refractivity contribution is 5.93. The molecule has 1 aromatic rings. The molecule has 2 fully saturated rings. The Morgan fingerprint density at radius 1 is 1.00 bits per heavy atom. The zero-order valence-electron chi connectivity index (χ0n) is 15.2. The van der Waals surface area contributed by atoms with E-state index in [-0.39, 0.29) is 25.3 Å². The first-order chi connectivity index (χ1) is 12.9. The van der Waals surface area contributed by atoms with Crippen molar-refractivity contribution in [1.29, 1.82) is 0 Å². The van der Waals surface area contributed by atoms with E-state index >= 15 is 0 Å². The number of carbonyl (C=O) groups excluding carboxylic acids is 2. The molecule has 1 saturated carbocycles. The fourth-order valence-corrected chi connectivity index (χ4v) is 4.21. The zero-order valence-corrected chi connectivity index (χ0v) is 15.2. The van der Waals surface area contributed by atoms with E-state index in [1.54, 1.807) is 12.1 Å². The Kier molecular flexibility index (Phi) is 6.07. The van der Waals surface area contributed by atoms with E-state index in [4.69, 9.17) is 0 Å². The van der Waals surface area contributed by atoms with Crippen LogP contribution >= 0.6 is 0 Å². The molecule has 4 nitrogen and oxygen atoms in total. The monoisotopic (exact) mass is 382 g/mol. The van der Waals surface area contributed by atoms with E-state index in [0.717, 1.165) is 0 Å². The van der Waals surface area contributed by atoms with Gasteiger partial charge in [-0.25, -0.2) is 0 Å². The molecule has 27 heavy (non-hydrogen) atoms. The lowest BCUT2D eigenvalue weighted by atomic mass is 9.77. The highest BCUT2D eigenvalue weighted by Gasteiger charge is 2.49. The molecule has 0 aromatic heterocycles. The number of benzene rings is 1. The Balaban J connectivity index is 1.64. The van der Waals surface area contributed by atoms with E-state index in [0.29, 0.717) is 37.9 Å².